The van der Waals surface area contributed by atoms with Crippen LogP contribution in [0.4, 0.5) is 0 Å². The van der Waals surface area contributed by atoms with Crippen LogP contribution in [0.2, 0.25) is 0 Å². The topological polar surface area (TPSA) is 107 Å². The Kier molecular flexibility index (Phi) is 7.79. The van der Waals surface area contributed by atoms with Crippen LogP contribution in [0.25, 0.3) is 0 Å². The Morgan fingerprint density at radius 1 is 0.923 bits per heavy atom. The Hall–Kier alpha value is -2.70. The molecule has 0 heterocycles. The lowest BCUT2D eigenvalue weighted by atomic mass is 10.1. The fourth-order valence-corrected chi connectivity index (χ4v) is 2.48. The Balaban J connectivity index is 1.76. The fourth-order valence-electron chi connectivity index (χ4n) is 2.48. The molecule has 0 aromatic heterocycles. The zero-order chi connectivity index (χ0) is 18.8. The molecule has 5 N–H and O–H groups in total. The molecule has 26 heavy (non-hydrogen) atoms. The molecule has 0 spiro atoms. The van der Waals surface area contributed by atoms with Gasteiger partial charge in [0.2, 0.25) is 5.91 Å². The van der Waals surface area contributed by atoms with Gasteiger partial charge >= 0.3 is 5.97 Å². The SMILES string of the molecule is NC(=O)[C@H](CCC(N)C(=O)OCc1ccccc1)NCc1ccccc1. The molecule has 2 aromatic rings. The van der Waals surface area contributed by atoms with E-state index < -0.39 is 24.0 Å². The molecule has 0 saturated carbocycles. The number of carbonyl (C=O) groups is 2. The summed E-state index contributed by atoms with van der Waals surface area (Å²) in [6.07, 6.45) is 0.673. The maximum atomic E-state index is 12.0. The van der Waals surface area contributed by atoms with Crippen LogP contribution in [-0.2, 0) is 27.5 Å². The molecule has 0 aliphatic heterocycles. The van der Waals surface area contributed by atoms with Gasteiger partial charge in [-0.25, -0.2) is 0 Å². The minimum atomic E-state index is -0.793. The van der Waals surface area contributed by atoms with Crippen molar-refractivity contribution in [2.24, 2.45) is 11.5 Å². The lowest BCUT2D eigenvalue weighted by Gasteiger charge is -2.17. The van der Waals surface area contributed by atoms with Gasteiger partial charge in [-0.2, -0.15) is 0 Å². The molecule has 0 fully saturated rings. The van der Waals surface area contributed by atoms with Gasteiger partial charge in [0.1, 0.15) is 12.6 Å². The largest absolute Gasteiger partial charge is 0.460 e. The van der Waals surface area contributed by atoms with E-state index >= 15 is 0 Å². The second-order valence-electron chi connectivity index (χ2n) is 6.10. The van der Waals surface area contributed by atoms with Crippen LogP contribution >= 0.6 is 0 Å². The molecule has 2 atom stereocenters. The first-order valence-corrected chi connectivity index (χ1v) is 8.59. The highest BCUT2D eigenvalue weighted by Crippen LogP contribution is 2.07. The lowest BCUT2D eigenvalue weighted by Crippen LogP contribution is -2.43. The van der Waals surface area contributed by atoms with Gasteiger partial charge in [0.05, 0.1) is 6.04 Å². The van der Waals surface area contributed by atoms with Crippen molar-refractivity contribution in [3.05, 3.63) is 71.8 Å². The molecule has 0 radical (unpaired) electrons. The molecule has 2 rings (SSSR count). The molecule has 1 amide bonds. The Morgan fingerprint density at radius 3 is 2.08 bits per heavy atom. The second kappa shape index (κ2) is 10.3. The van der Waals surface area contributed by atoms with Gasteiger partial charge in [0.15, 0.2) is 0 Å². The highest BCUT2D eigenvalue weighted by Gasteiger charge is 2.20. The predicted molar refractivity (Wildman–Crippen MR) is 99.7 cm³/mol. The van der Waals surface area contributed by atoms with Crippen molar-refractivity contribution in [1.82, 2.24) is 5.32 Å². The van der Waals surface area contributed by atoms with Gasteiger partial charge in [-0.15, -0.1) is 0 Å². The van der Waals surface area contributed by atoms with E-state index in [9.17, 15) is 9.59 Å². The number of esters is 1. The van der Waals surface area contributed by atoms with Crippen molar-refractivity contribution < 1.29 is 14.3 Å². The summed E-state index contributed by atoms with van der Waals surface area (Å²) in [5.74, 6) is -0.953. The van der Waals surface area contributed by atoms with Crippen LogP contribution in [-0.4, -0.2) is 24.0 Å². The maximum absolute atomic E-state index is 12.0. The van der Waals surface area contributed by atoms with Crippen LogP contribution in [0.5, 0.6) is 0 Å². The molecule has 138 valence electrons. The summed E-state index contributed by atoms with van der Waals surface area (Å²) >= 11 is 0. The first-order chi connectivity index (χ1) is 12.6. The van der Waals surface area contributed by atoms with E-state index in [1.54, 1.807) is 0 Å². The van der Waals surface area contributed by atoms with E-state index in [1.807, 2.05) is 60.7 Å². The number of primary amides is 1. The van der Waals surface area contributed by atoms with Crippen LogP contribution in [0.1, 0.15) is 24.0 Å². The normalized spacial score (nSPS) is 13.0. The van der Waals surface area contributed by atoms with Gasteiger partial charge in [-0.1, -0.05) is 60.7 Å². The molecule has 0 aliphatic rings. The fraction of sp³-hybridized carbons (Fsp3) is 0.300. The van der Waals surface area contributed by atoms with Crippen molar-refractivity contribution in [2.45, 2.75) is 38.1 Å². The first-order valence-electron chi connectivity index (χ1n) is 8.59. The zero-order valence-corrected chi connectivity index (χ0v) is 14.6. The van der Waals surface area contributed by atoms with Gasteiger partial charge < -0.3 is 21.5 Å². The lowest BCUT2D eigenvalue weighted by molar-refractivity contribution is -0.146. The molecular formula is C20H25N3O3. The summed E-state index contributed by atoms with van der Waals surface area (Å²) < 4.78 is 5.21. The summed E-state index contributed by atoms with van der Waals surface area (Å²) in [6.45, 7) is 0.695. The van der Waals surface area contributed by atoms with Crippen LogP contribution in [0.3, 0.4) is 0 Å². The molecule has 0 saturated heterocycles. The maximum Gasteiger partial charge on any atom is 0.323 e. The molecule has 6 heteroatoms. The van der Waals surface area contributed by atoms with Gasteiger partial charge in [0, 0.05) is 6.54 Å². The van der Waals surface area contributed by atoms with Crippen molar-refractivity contribution in [3.8, 4) is 0 Å². The van der Waals surface area contributed by atoms with E-state index in [2.05, 4.69) is 5.32 Å². The van der Waals surface area contributed by atoms with Crippen molar-refractivity contribution in [2.75, 3.05) is 0 Å². The number of benzene rings is 2. The quantitative estimate of drug-likeness (QED) is 0.560. The van der Waals surface area contributed by atoms with E-state index in [-0.39, 0.29) is 6.61 Å². The summed E-state index contributed by atoms with van der Waals surface area (Å²) in [7, 11) is 0. The van der Waals surface area contributed by atoms with E-state index in [4.69, 9.17) is 16.2 Å². The number of nitrogens with two attached hydrogens (primary N) is 2. The van der Waals surface area contributed by atoms with Gasteiger partial charge in [-0.05, 0) is 24.0 Å². The molecule has 0 aliphatic carbocycles. The minimum Gasteiger partial charge on any atom is -0.460 e. The number of hydrogen-bond donors (Lipinski definition) is 3. The number of carbonyl (C=O) groups excluding carboxylic acids is 2. The second-order valence-corrected chi connectivity index (χ2v) is 6.10. The third kappa shape index (κ3) is 6.66. The van der Waals surface area contributed by atoms with Crippen LogP contribution in [0, 0.1) is 0 Å². The van der Waals surface area contributed by atoms with Crippen LogP contribution < -0.4 is 16.8 Å². The summed E-state index contributed by atoms with van der Waals surface area (Å²) in [6, 6.07) is 17.7. The highest BCUT2D eigenvalue weighted by atomic mass is 16.5. The number of amides is 1. The van der Waals surface area contributed by atoms with Crippen molar-refractivity contribution in [1.29, 1.82) is 0 Å². The monoisotopic (exact) mass is 355 g/mol. The minimum absolute atomic E-state index is 0.179. The molecule has 1 unspecified atom stereocenters. The van der Waals surface area contributed by atoms with E-state index in [0.717, 1.165) is 11.1 Å². The standard InChI is InChI=1S/C20H25N3O3/c21-17(20(25)26-14-16-9-5-2-6-10-16)11-12-18(19(22)24)23-13-15-7-3-1-4-8-15/h1-10,17-18,23H,11-14,21H2,(H2,22,24)/t17?,18-/m0/s1. The third-order valence-electron chi connectivity index (χ3n) is 4.03. The number of rotatable bonds is 10. The predicted octanol–water partition coefficient (Wildman–Crippen LogP) is 1.48. The zero-order valence-electron chi connectivity index (χ0n) is 14.6. The highest BCUT2D eigenvalue weighted by molar-refractivity contribution is 5.80. The van der Waals surface area contributed by atoms with Crippen molar-refractivity contribution >= 4 is 11.9 Å². The summed E-state index contributed by atoms with van der Waals surface area (Å²) in [5.41, 5.74) is 13.3. The molecule has 2 aromatic carbocycles. The first kappa shape index (κ1) is 19.6. The summed E-state index contributed by atoms with van der Waals surface area (Å²) in [5, 5.41) is 3.11. The number of hydrogen-bond acceptors (Lipinski definition) is 5. The average molecular weight is 355 g/mol. The van der Waals surface area contributed by atoms with Gasteiger partial charge in [0.25, 0.3) is 0 Å². The van der Waals surface area contributed by atoms with Crippen molar-refractivity contribution in [3.63, 3.8) is 0 Å². The van der Waals surface area contributed by atoms with Gasteiger partial charge in [-0.3, -0.25) is 9.59 Å². The number of ether oxygens (including phenoxy) is 1. The third-order valence-corrected chi connectivity index (χ3v) is 4.03. The molecule has 0 bridgehead atoms. The Labute approximate surface area is 153 Å². The number of nitrogens with one attached hydrogen (secondary N) is 1. The molecule has 6 nitrogen and oxygen atoms in total. The smallest absolute Gasteiger partial charge is 0.323 e. The summed E-state index contributed by atoms with van der Waals surface area (Å²) in [4.78, 5) is 23.6. The Morgan fingerprint density at radius 2 is 1.50 bits per heavy atom. The average Bonchev–Trinajstić information content (AvgIpc) is 2.67. The van der Waals surface area contributed by atoms with E-state index in [0.29, 0.717) is 19.4 Å². The van der Waals surface area contributed by atoms with E-state index in [1.165, 1.54) is 0 Å². The van der Waals surface area contributed by atoms with Crippen LogP contribution in [0.15, 0.2) is 60.7 Å². The molecular weight excluding hydrogens is 330 g/mol. The Bertz CT molecular complexity index is 692.